The molecule has 2 unspecified atom stereocenters. The summed E-state index contributed by atoms with van der Waals surface area (Å²) in [5.74, 6) is 3.01. The zero-order valence-corrected chi connectivity index (χ0v) is 14.6. The predicted molar refractivity (Wildman–Crippen MR) is 95.9 cm³/mol. The summed E-state index contributed by atoms with van der Waals surface area (Å²) in [4.78, 5) is 12.0. The molecule has 5 nitrogen and oxygen atoms in total. The lowest BCUT2D eigenvalue weighted by molar-refractivity contribution is -0.116. The van der Waals surface area contributed by atoms with Crippen molar-refractivity contribution in [3.63, 3.8) is 0 Å². The van der Waals surface area contributed by atoms with Gasteiger partial charge in [0, 0.05) is 42.6 Å². The Labute approximate surface area is 147 Å². The Hall–Kier alpha value is -0.950. The highest BCUT2D eigenvalue weighted by atomic mass is 35.5. The summed E-state index contributed by atoms with van der Waals surface area (Å²) in [7, 11) is 0. The van der Waals surface area contributed by atoms with E-state index in [9.17, 15) is 4.79 Å². The number of hydrogen-bond acceptors (Lipinski definition) is 5. The van der Waals surface area contributed by atoms with E-state index in [0.29, 0.717) is 13.0 Å². The predicted octanol–water partition coefficient (Wildman–Crippen LogP) is 2.31. The number of benzene rings is 1. The fourth-order valence-corrected chi connectivity index (χ4v) is 3.55. The van der Waals surface area contributed by atoms with E-state index >= 15 is 0 Å². The molecule has 2 aliphatic heterocycles. The third-order valence-corrected chi connectivity index (χ3v) is 4.89. The summed E-state index contributed by atoms with van der Waals surface area (Å²) in [6, 6.07) is 7.83. The summed E-state index contributed by atoms with van der Waals surface area (Å²) in [6.45, 7) is 2.41. The number of anilines is 1. The molecule has 2 fully saturated rings. The van der Waals surface area contributed by atoms with Gasteiger partial charge in [-0.2, -0.15) is 11.8 Å². The number of thioether (sulfide) groups is 1. The van der Waals surface area contributed by atoms with Crippen molar-refractivity contribution in [2.24, 2.45) is 0 Å². The van der Waals surface area contributed by atoms with Crippen molar-refractivity contribution in [2.75, 3.05) is 36.6 Å². The lowest BCUT2D eigenvalue weighted by atomic mass is 10.2. The lowest BCUT2D eigenvalue weighted by Gasteiger charge is -2.22. The van der Waals surface area contributed by atoms with Crippen LogP contribution in [0.1, 0.15) is 12.8 Å². The minimum Gasteiger partial charge on any atom is -0.488 e. The van der Waals surface area contributed by atoms with Gasteiger partial charge >= 0.3 is 0 Å². The van der Waals surface area contributed by atoms with Crippen molar-refractivity contribution < 1.29 is 14.3 Å². The minimum absolute atomic E-state index is 0. The highest BCUT2D eigenvalue weighted by Crippen LogP contribution is 2.20. The van der Waals surface area contributed by atoms with Crippen molar-refractivity contribution in [1.82, 2.24) is 5.32 Å². The first-order valence-electron chi connectivity index (χ1n) is 7.75. The summed E-state index contributed by atoms with van der Waals surface area (Å²) < 4.78 is 11.1. The standard InChI is InChI=1S/C16H22N2O3S.ClH/c19-16(9-13-11-22-8-6-17-13)18-12-1-3-14(4-2-12)21-15-5-7-20-10-15;/h1-4,13,15,17H,5-11H2,(H,18,19);1H. The highest BCUT2D eigenvalue weighted by Gasteiger charge is 2.18. The number of nitrogens with one attached hydrogen (secondary N) is 2. The average Bonchev–Trinajstić information content (AvgIpc) is 3.03. The van der Waals surface area contributed by atoms with Crippen molar-refractivity contribution >= 4 is 35.8 Å². The number of carbonyl (C=O) groups is 1. The normalized spacial score (nSPS) is 23.8. The molecule has 0 radical (unpaired) electrons. The summed E-state index contributed by atoms with van der Waals surface area (Å²) in [6.07, 6.45) is 1.60. The summed E-state index contributed by atoms with van der Waals surface area (Å²) >= 11 is 1.90. The molecule has 2 aliphatic rings. The Bertz CT molecular complexity index is 489. The second-order valence-electron chi connectivity index (χ2n) is 5.61. The largest absolute Gasteiger partial charge is 0.488 e. The zero-order chi connectivity index (χ0) is 15.2. The maximum atomic E-state index is 12.0. The molecular formula is C16H23ClN2O3S. The van der Waals surface area contributed by atoms with E-state index in [0.717, 1.165) is 42.5 Å². The van der Waals surface area contributed by atoms with Gasteiger partial charge in [-0.05, 0) is 24.3 Å². The monoisotopic (exact) mass is 358 g/mol. The molecule has 2 N–H and O–H groups in total. The van der Waals surface area contributed by atoms with Crippen LogP contribution in [0.25, 0.3) is 0 Å². The van der Waals surface area contributed by atoms with Crippen LogP contribution in [0.2, 0.25) is 0 Å². The van der Waals surface area contributed by atoms with E-state index in [4.69, 9.17) is 9.47 Å². The first-order valence-corrected chi connectivity index (χ1v) is 8.90. The van der Waals surface area contributed by atoms with E-state index in [1.54, 1.807) is 0 Å². The number of rotatable bonds is 5. The molecule has 0 saturated carbocycles. The van der Waals surface area contributed by atoms with Crippen LogP contribution in [0.4, 0.5) is 5.69 Å². The van der Waals surface area contributed by atoms with Crippen molar-refractivity contribution in [2.45, 2.75) is 25.0 Å². The van der Waals surface area contributed by atoms with Gasteiger partial charge in [-0.1, -0.05) is 0 Å². The average molecular weight is 359 g/mol. The second-order valence-corrected chi connectivity index (χ2v) is 6.76. The molecule has 1 amide bonds. The maximum Gasteiger partial charge on any atom is 0.225 e. The van der Waals surface area contributed by atoms with E-state index < -0.39 is 0 Å². The fourth-order valence-electron chi connectivity index (χ4n) is 2.60. The smallest absolute Gasteiger partial charge is 0.225 e. The number of halogens is 1. The van der Waals surface area contributed by atoms with Crippen LogP contribution in [-0.2, 0) is 9.53 Å². The van der Waals surface area contributed by atoms with Gasteiger partial charge < -0.3 is 20.1 Å². The topological polar surface area (TPSA) is 59.6 Å². The number of carbonyl (C=O) groups excluding carboxylic acids is 1. The van der Waals surface area contributed by atoms with Crippen molar-refractivity contribution in [3.8, 4) is 5.75 Å². The van der Waals surface area contributed by atoms with Gasteiger partial charge in [0.15, 0.2) is 0 Å². The minimum atomic E-state index is 0. The van der Waals surface area contributed by atoms with Crippen LogP contribution >= 0.6 is 24.2 Å². The molecule has 0 spiro atoms. The third-order valence-electron chi connectivity index (χ3n) is 3.76. The Balaban J connectivity index is 0.00000192. The highest BCUT2D eigenvalue weighted by molar-refractivity contribution is 7.99. The van der Waals surface area contributed by atoms with Gasteiger partial charge in [0.05, 0.1) is 13.2 Å². The molecule has 3 rings (SSSR count). The van der Waals surface area contributed by atoms with Crippen LogP contribution in [0.15, 0.2) is 24.3 Å². The van der Waals surface area contributed by atoms with E-state index in [-0.39, 0.29) is 30.5 Å². The van der Waals surface area contributed by atoms with Crippen LogP contribution < -0.4 is 15.4 Å². The Kier molecular flexibility index (Phi) is 7.49. The molecule has 7 heteroatoms. The van der Waals surface area contributed by atoms with Gasteiger partial charge in [0.2, 0.25) is 5.91 Å². The second kappa shape index (κ2) is 9.37. The Morgan fingerprint density at radius 1 is 1.39 bits per heavy atom. The summed E-state index contributed by atoms with van der Waals surface area (Å²) in [5.41, 5.74) is 0.809. The third kappa shape index (κ3) is 5.88. The van der Waals surface area contributed by atoms with Crippen LogP contribution in [0.5, 0.6) is 5.75 Å². The number of ether oxygens (including phenoxy) is 2. The number of amides is 1. The van der Waals surface area contributed by atoms with Gasteiger partial charge in [-0.25, -0.2) is 0 Å². The lowest BCUT2D eigenvalue weighted by Crippen LogP contribution is -2.39. The molecule has 0 aromatic heterocycles. The molecule has 0 bridgehead atoms. The number of hydrogen-bond donors (Lipinski definition) is 2. The molecule has 2 heterocycles. The van der Waals surface area contributed by atoms with Gasteiger partial charge in [-0.15, -0.1) is 12.4 Å². The maximum absolute atomic E-state index is 12.0. The molecule has 2 saturated heterocycles. The van der Waals surface area contributed by atoms with Crippen LogP contribution in [0.3, 0.4) is 0 Å². The Morgan fingerprint density at radius 2 is 2.22 bits per heavy atom. The fraction of sp³-hybridized carbons (Fsp3) is 0.562. The molecule has 128 valence electrons. The van der Waals surface area contributed by atoms with E-state index in [2.05, 4.69) is 10.6 Å². The van der Waals surface area contributed by atoms with E-state index in [1.807, 2.05) is 36.0 Å². The van der Waals surface area contributed by atoms with Gasteiger partial charge in [0.25, 0.3) is 0 Å². The quantitative estimate of drug-likeness (QED) is 0.845. The zero-order valence-electron chi connectivity index (χ0n) is 13.0. The Morgan fingerprint density at radius 3 is 2.87 bits per heavy atom. The van der Waals surface area contributed by atoms with Crippen molar-refractivity contribution in [1.29, 1.82) is 0 Å². The molecule has 1 aromatic rings. The SMILES string of the molecule is Cl.O=C(CC1CSCCN1)Nc1ccc(OC2CCOC2)cc1. The van der Waals surface area contributed by atoms with Crippen molar-refractivity contribution in [3.05, 3.63) is 24.3 Å². The molecule has 0 aliphatic carbocycles. The van der Waals surface area contributed by atoms with Gasteiger partial charge in [-0.3, -0.25) is 4.79 Å². The molecule has 2 atom stereocenters. The van der Waals surface area contributed by atoms with Gasteiger partial charge in [0.1, 0.15) is 11.9 Å². The van der Waals surface area contributed by atoms with E-state index in [1.165, 1.54) is 0 Å². The summed E-state index contributed by atoms with van der Waals surface area (Å²) in [5, 5.41) is 6.31. The first-order chi connectivity index (χ1) is 10.8. The molecular weight excluding hydrogens is 336 g/mol. The first kappa shape index (κ1) is 18.4. The molecule has 23 heavy (non-hydrogen) atoms. The molecule has 1 aromatic carbocycles. The van der Waals surface area contributed by atoms with Crippen LogP contribution in [-0.4, -0.2) is 49.3 Å². The van der Waals surface area contributed by atoms with Crippen LogP contribution in [0, 0.1) is 0 Å².